The van der Waals surface area contributed by atoms with E-state index in [4.69, 9.17) is 0 Å². The minimum absolute atomic E-state index is 0.150. The average molecular weight is 347 g/mol. The SMILES string of the molecule is C=CC/C(=C\C)CC[C@@H](CC(C)C)C(=O)/C(=C\CC(C)C)CC(C)C. The van der Waals surface area contributed by atoms with Crippen LogP contribution in [0, 0.1) is 23.7 Å². The molecule has 1 nitrogen and oxygen atoms in total. The molecule has 0 fully saturated rings. The summed E-state index contributed by atoms with van der Waals surface area (Å²) in [5.41, 5.74) is 2.47. The first-order chi connectivity index (χ1) is 11.7. The first-order valence-electron chi connectivity index (χ1n) is 10.2. The van der Waals surface area contributed by atoms with E-state index in [1.807, 2.05) is 6.08 Å². The molecule has 144 valence electrons. The van der Waals surface area contributed by atoms with Crippen LogP contribution >= 0.6 is 0 Å². The van der Waals surface area contributed by atoms with Crippen LogP contribution in [-0.4, -0.2) is 5.78 Å². The molecule has 0 rings (SSSR count). The summed E-state index contributed by atoms with van der Waals surface area (Å²) in [6, 6.07) is 0. The van der Waals surface area contributed by atoms with Crippen LogP contribution < -0.4 is 0 Å². The predicted molar refractivity (Wildman–Crippen MR) is 113 cm³/mol. The van der Waals surface area contributed by atoms with E-state index in [0.717, 1.165) is 44.1 Å². The fraction of sp³-hybridized carbons (Fsp3) is 0.708. The lowest BCUT2D eigenvalue weighted by molar-refractivity contribution is -0.120. The van der Waals surface area contributed by atoms with E-state index in [1.54, 1.807) is 0 Å². The molecule has 0 aliphatic heterocycles. The summed E-state index contributed by atoms with van der Waals surface area (Å²) in [6.07, 6.45) is 12.2. The zero-order valence-corrected chi connectivity index (χ0v) is 17.9. The molecule has 0 unspecified atom stereocenters. The van der Waals surface area contributed by atoms with Gasteiger partial charge in [-0.25, -0.2) is 0 Å². The Bertz CT molecular complexity index is 449. The van der Waals surface area contributed by atoms with Crippen molar-refractivity contribution in [1.29, 1.82) is 0 Å². The van der Waals surface area contributed by atoms with Gasteiger partial charge in [0, 0.05) is 5.92 Å². The van der Waals surface area contributed by atoms with Gasteiger partial charge in [-0.2, -0.15) is 0 Å². The minimum atomic E-state index is 0.150. The number of allylic oxidation sites excluding steroid dienone is 5. The van der Waals surface area contributed by atoms with Crippen LogP contribution in [0.1, 0.15) is 87.0 Å². The summed E-state index contributed by atoms with van der Waals surface area (Å²) in [7, 11) is 0. The van der Waals surface area contributed by atoms with Crippen molar-refractivity contribution in [3.63, 3.8) is 0 Å². The molecule has 0 saturated carbocycles. The molecule has 0 aromatic rings. The van der Waals surface area contributed by atoms with Crippen LogP contribution in [0.15, 0.2) is 36.0 Å². The van der Waals surface area contributed by atoms with Gasteiger partial charge in [0.2, 0.25) is 0 Å². The highest BCUT2D eigenvalue weighted by molar-refractivity contribution is 5.97. The predicted octanol–water partition coefficient (Wildman–Crippen LogP) is 7.54. The Labute approximate surface area is 157 Å². The number of rotatable bonds is 13. The molecule has 0 aromatic heterocycles. The summed E-state index contributed by atoms with van der Waals surface area (Å²) >= 11 is 0. The van der Waals surface area contributed by atoms with E-state index < -0.39 is 0 Å². The van der Waals surface area contributed by atoms with Crippen molar-refractivity contribution in [2.45, 2.75) is 87.0 Å². The lowest BCUT2D eigenvalue weighted by atomic mass is 9.82. The summed E-state index contributed by atoms with van der Waals surface area (Å²) < 4.78 is 0. The van der Waals surface area contributed by atoms with Gasteiger partial charge in [0.05, 0.1) is 0 Å². The Balaban J connectivity index is 5.25. The van der Waals surface area contributed by atoms with Crippen LogP contribution in [0.5, 0.6) is 0 Å². The average Bonchev–Trinajstić information content (AvgIpc) is 2.52. The highest BCUT2D eigenvalue weighted by Gasteiger charge is 2.23. The van der Waals surface area contributed by atoms with Crippen molar-refractivity contribution < 1.29 is 4.79 Å². The van der Waals surface area contributed by atoms with Crippen molar-refractivity contribution in [3.05, 3.63) is 36.0 Å². The smallest absolute Gasteiger partial charge is 0.161 e. The largest absolute Gasteiger partial charge is 0.294 e. The molecular formula is C24H42O. The highest BCUT2D eigenvalue weighted by atomic mass is 16.1. The number of carbonyl (C=O) groups excluding carboxylic acids is 1. The van der Waals surface area contributed by atoms with E-state index in [2.05, 4.69) is 67.2 Å². The summed E-state index contributed by atoms with van der Waals surface area (Å²) in [5.74, 6) is 2.22. The van der Waals surface area contributed by atoms with Crippen molar-refractivity contribution in [2.75, 3.05) is 0 Å². The maximum Gasteiger partial charge on any atom is 0.161 e. The zero-order chi connectivity index (χ0) is 19.4. The van der Waals surface area contributed by atoms with Gasteiger partial charge in [-0.05, 0) is 68.8 Å². The van der Waals surface area contributed by atoms with E-state index in [-0.39, 0.29) is 5.92 Å². The van der Waals surface area contributed by atoms with Gasteiger partial charge in [-0.3, -0.25) is 4.79 Å². The first kappa shape index (κ1) is 23.9. The third-order valence-electron chi connectivity index (χ3n) is 4.54. The normalized spacial score (nSPS) is 14.5. The van der Waals surface area contributed by atoms with Crippen LogP contribution in [0.25, 0.3) is 0 Å². The van der Waals surface area contributed by atoms with Gasteiger partial charge in [-0.1, -0.05) is 65.3 Å². The van der Waals surface area contributed by atoms with Crippen molar-refractivity contribution in [1.82, 2.24) is 0 Å². The molecule has 0 spiro atoms. The van der Waals surface area contributed by atoms with Gasteiger partial charge in [-0.15, -0.1) is 6.58 Å². The topological polar surface area (TPSA) is 17.1 Å². The number of hydrogen-bond donors (Lipinski definition) is 0. The van der Waals surface area contributed by atoms with Crippen LogP contribution in [0.3, 0.4) is 0 Å². The Morgan fingerprint density at radius 2 is 1.64 bits per heavy atom. The van der Waals surface area contributed by atoms with Crippen molar-refractivity contribution in [3.8, 4) is 0 Å². The van der Waals surface area contributed by atoms with Crippen molar-refractivity contribution in [2.24, 2.45) is 23.7 Å². The first-order valence-corrected chi connectivity index (χ1v) is 10.2. The minimum Gasteiger partial charge on any atom is -0.294 e. The van der Waals surface area contributed by atoms with Crippen molar-refractivity contribution >= 4 is 5.78 Å². The number of Topliss-reactive ketones (excluding diaryl/α,β-unsaturated/α-hetero) is 1. The van der Waals surface area contributed by atoms with E-state index in [0.29, 0.717) is 23.5 Å². The highest BCUT2D eigenvalue weighted by Crippen LogP contribution is 2.27. The maximum atomic E-state index is 13.3. The molecule has 25 heavy (non-hydrogen) atoms. The van der Waals surface area contributed by atoms with Gasteiger partial charge in [0.15, 0.2) is 5.78 Å². The quantitative estimate of drug-likeness (QED) is 0.249. The summed E-state index contributed by atoms with van der Waals surface area (Å²) in [4.78, 5) is 13.3. The second-order valence-corrected chi connectivity index (χ2v) is 8.63. The Hall–Kier alpha value is -1.11. The zero-order valence-electron chi connectivity index (χ0n) is 17.9. The number of ketones is 1. The Kier molecular flexibility index (Phi) is 12.6. The molecule has 0 N–H and O–H groups in total. The monoisotopic (exact) mass is 346 g/mol. The van der Waals surface area contributed by atoms with Gasteiger partial charge in [0.1, 0.15) is 0 Å². The second-order valence-electron chi connectivity index (χ2n) is 8.63. The van der Waals surface area contributed by atoms with Crippen LogP contribution in [-0.2, 0) is 4.79 Å². The number of hydrogen-bond acceptors (Lipinski definition) is 1. The third kappa shape index (κ3) is 11.2. The maximum absolute atomic E-state index is 13.3. The van der Waals surface area contributed by atoms with Gasteiger partial charge in [0.25, 0.3) is 0 Å². The van der Waals surface area contributed by atoms with E-state index >= 15 is 0 Å². The van der Waals surface area contributed by atoms with Gasteiger partial charge < -0.3 is 0 Å². The lowest BCUT2D eigenvalue weighted by Gasteiger charge is -2.21. The molecule has 0 aliphatic rings. The molecule has 1 atom stereocenters. The summed E-state index contributed by atoms with van der Waals surface area (Å²) in [6.45, 7) is 19.2. The summed E-state index contributed by atoms with van der Waals surface area (Å²) in [5, 5.41) is 0. The fourth-order valence-electron chi connectivity index (χ4n) is 3.20. The molecule has 0 radical (unpaired) electrons. The Morgan fingerprint density at radius 3 is 2.08 bits per heavy atom. The molecule has 0 amide bonds. The molecule has 0 aliphatic carbocycles. The van der Waals surface area contributed by atoms with E-state index in [9.17, 15) is 4.79 Å². The van der Waals surface area contributed by atoms with Crippen LogP contribution in [0.4, 0.5) is 0 Å². The molecule has 1 heteroatoms. The van der Waals surface area contributed by atoms with E-state index in [1.165, 1.54) is 5.57 Å². The second kappa shape index (κ2) is 13.1. The fourth-order valence-corrected chi connectivity index (χ4v) is 3.20. The van der Waals surface area contributed by atoms with Crippen LogP contribution in [0.2, 0.25) is 0 Å². The molecule has 0 saturated heterocycles. The lowest BCUT2D eigenvalue weighted by Crippen LogP contribution is -2.20. The molecular weight excluding hydrogens is 304 g/mol. The third-order valence-corrected chi connectivity index (χ3v) is 4.54. The molecule has 0 bridgehead atoms. The van der Waals surface area contributed by atoms with Gasteiger partial charge >= 0.3 is 0 Å². The Morgan fingerprint density at radius 1 is 1.00 bits per heavy atom. The number of carbonyl (C=O) groups is 1. The molecule has 0 aromatic carbocycles. The molecule has 0 heterocycles. The standard InChI is InChI=1S/C24H42O/c1-9-11-21(10-2)13-15-23(17-20(7)8)24(25)22(16-19(5)6)14-12-18(3)4/h9-10,14,18-20,23H,1,11-13,15-17H2,2-8H3/b21-10+,22-14-/t23-/m0/s1.